The number of fused-ring (bicyclic) bond motifs is 1. The molecule has 5 heteroatoms. The molecule has 0 N–H and O–H groups in total. The number of thiophene rings is 1. The van der Waals surface area contributed by atoms with Crippen LogP contribution in [0, 0.1) is 0 Å². The van der Waals surface area contributed by atoms with Crippen LogP contribution in [0.1, 0.15) is 28.8 Å². The van der Waals surface area contributed by atoms with E-state index in [1.54, 1.807) is 12.1 Å². The van der Waals surface area contributed by atoms with Crippen LogP contribution in [-0.4, -0.2) is 15.3 Å². The fourth-order valence-electron chi connectivity index (χ4n) is 2.40. The Morgan fingerprint density at radius 1 is 1.29 bits per heavy atom. The molecule has 0 aliphatic carbocycles. The highest BCUT2D eigenvalue weighted by molar-refractivity contribution is 7.18. The van der Waals surface area contributed by atoms with E-state index in [-0.39, 0.29) is 5.78 Å². The maximum Gasteiger partial charge on any atom is 0.192 e. The molecule has 0 radical (unpaired) electrons. The first-order valence-electron chi connectivity index (χ1n) is 6.91. The number of ketones is 1. The van der Waals surface area contributed by atoms with Crippen LogP contribution in [0.3, 0.4) is 0 Å². The monoisotopic (exact) mass is 318 g/mol. The summed E-state index contributed by atoms with van der Waals surface area (Å²) in [5.74, 6) is 1.04. The molecule has 0 bridgehead atoms. The number of halogens is 1. The fourth-order valence-corrected chi connectivity index (χ4v) is 3.37. The molecule has 0 unspecified atom stereocenters. The van der Waals surface area contributed by atoms with Crippen LogP contribution in [-0.2, 0) is 13.0 Å². The Kier molecular flexibility index (Phi) is 4.08. The van der Waals surface area contributed by atoms with Gasteiger partial charge in [0.1, 0.15) is 5.82 Å². The molecule has 0 saturated heterocycles. The molecule has 3 rings (SSSR count). The second kappa shape index (κ2) is 6.00. The topological polar surface area (TPSA) is 34.9 Å². The molecule has 0 spiro atoms. The zero-order valence-electron chi connectivity index (χ0n) is 11.7. The number of hydrogen-bond acceptors (Lipinski definition) is 3. The van der Waals surface area contributed by atoms with Crippen molar-refractivity contribution < 1.29 is 4.79 Å². The smallest absolute Gasteiger partial charge is 0.192 e. The Hall–Kier alpha value is -1.65. The predicted molar refractivity (Wildman–Crippen MR) is 87.4 cm³/mol. The van der Waals surface area contributed by atoms with Crippen molar-refractivity contribution in [1.29, 1.82) is 0 Å². The summed E-state index contributed by atoms with van der Waals surface area (Å²) in [6.07, 6.45) is 1.87. The van der Waals surface area contributed by atoms with Crippen LogP contribution >= 0.6 is 22.9 Å². The highest BCUT2D eigenvalue weighted by atomic mass is 35.5. The van der Waals surface area contributed by atoms with Crippen LogP contribution in [0.5, 0.6) is 0 Å². The second-order valence-corrected chi connectivity index (χ2v) is 6.59. The third-order valence-corrected chi connectivity index (χ3v) is 4.63. The second-order valence-electron chi connectivity index (χ2n) is 4.88. The number of Topliss-reactive ketones (excluding diaryl/α,β-unsaturated/α-hetero) is 1. The van der Waals surface area contributed by atoms with Gasteiger partial charge in [0.25, 0.3) is 0 Å². The summed E-state index contributed by atoms with van der Waals surface area (Å²) in [6, 6.07) is 11.5. The van der Waals surface area contributed by atoms with Gasteiger partial charge < -0.3 is 4.57 Å². The zero-order chi connectivity index (χ0) is 14.8. The summed E-state index contributed by atoms with van der Waals surface area (Å²) in [6.45, 7) is 2.43. The number of aromatic nitrogens is 2. The average Bonchev–Trinajstić information content (AvgIpc) is 3.05. The van der Waals surface area contributed by atoms with Gasteiger partial charge in [0.05, 0.1) is 26.8 Å². The van der Waals surface area contributed by atoms with Gasteiger partial charge in [-0.1, -0.05) is 30.7 Å². The summed E-state index contributed by atoms with van der Waals surface area (Å²) in [4.78, 5) is 17.8. The Balaban J connectivity index is 1.98. The molecule has 2 heterocycles. The summed E-state index contributed by atoms with van der Waals surface area (Å²) in [5, 5.41) is 0. The van der Waals surface area contributed by atoms with Crippen molar-refractivity contribution in [2.45, 2.75) is 26.3 Å². The van der Waals surface area contributed by atoms with Gasteiger partial charge in [-0.2, -0.15) is 0 Å². The number of carbonyl (C=O) groups is 1. The van der Waals surface area contributed by atoms with E-state index in [9.17, 15) is 4.79 Å². The quantitative estimate of drug-likeness (QED) is 0.645. The SMILES string of the molecule is CCCc1nc2ccccc2n1CC(=O)c1ccc(Cl)s1. The van der Waals surface area contributed by atoms with E-state index in [2.05, 4.69) is 11.9 Å². The predicted octanol–water partition coefficient (Wildman–Crippen LogP) is 4.59. The van der Waals surface area contributed by atoms with Crippen molar-refractivity contribution in [1.82, 2.24) is 9.55 Å². The highest BCUT2D eigenvalue weighted by Gasteiger charge is 2.15. The number of benzene rings is 1. The maximum atomic E-state index is 12.4. The highest BCUT2D eigenvalue weighted by Crippen LogP contribution is 2.23. The van der Waals surface area contributed by atoms with Gasteiger partial charge in [0, 0.05) is 6.42 Å². The van der Waals surface area contributed by atoms with Gasteiger partial charge in [-0.05, 0) is 30.7 Å². The third-order valence-electron chi connectivity index (χ3n) is 3.36. The minimum atomic E-state index is 0.0763. The average molecular weight is 319 g/mol. The molecule has 0 aliphatic rings. The summed E-state index contributed by atoms with van der Waals surface area (Å²) >= 11 is 7.23. The summed E-state index contributed by atoms with van der Waals surface area (Å²) in [5.41, 5.74) is 1.95. The maximum absolute atomic E-state index is 12.4. The molecule has 0 saturated carbocycles. The van der Waals surface area contributed by atoms with Crippen LogP contribution in [0.2, 0.25) is 4.34 Å². The van der Waals surface area contributed by atoms with Crippen molar-refractivity contribution in [2.24, 2.45) is 0 Å². The van der Waals surface area contributed by atoms with Crippen molar-refractivity contribution >= 4 is 39.8 Å². The van der Waals surface area contributed by atoms with Gasteiger partial charge in [0.15, 0.2) is 5.78 Å². The molecule has 0 fully saturated rings. The Morgan fingerprint density at radius 2 is 2.10 bits per heavy atom. The molecule has 0 atom stereocenters. The minimum Gasteiger partial charge on any atom is -0.320 e. The van der Waals surface area contributed by atoms with E-state index in [0.717, 1.165) is 29.7 Å². The molecule has 0 amide bonds. The molecule has 21 heavy (non-hydrogen) atoms. The van der Waals surface area contributed by atoms with Gasteiger partial charge >= 0.3 is 0 Å². The largest absolute Gasteiger partial charge is 0.320 e. The first-order chi connectivity index (χ1) is 10.2. The lowest BCUT2D eigenvalue weighted by atomic mass is 10.2. The Morgan fingerprint density at radius 3 is 2.81 bits per heavy atom. The van der Waals surface area contributed by atoms with Crippen molar-refractivity contribution in [3.63, 3.8) is 0 Å². The number of para-hydroxylation sites is 2. The molecular weight excluding hydrogens is 304 g/mol. The molecule has 0 aliphatic heterocycles. The summed E-state index contributed by atoms with van der Waals surface area (Å²) < 4.78 is 2.66. The van der Waals surface area contributed by atoms with E-state index >= 15 is 0 Å². The molecular formula is C16H15ClN2OS. The molecule has 108 valence electrons. The first kappa shape index (κ1) is 14.3. The van der Waals surface area contributed by atoms with Crippen LogP contribution < -0.4 is 0 Å². The van der Waals surface area contributed by atoms with Crippen molar-refractivity contribution in [3.8, 4) is 0 Å². The summed E-state index contributed by atoms with van der Waals surface area (Å²) in [7, 11) is 0. The lowest BCUT2D eigenvalue weighted by molar-refractivity contribution is 0.0976. The van der Waals surface area contributed by atoms with E-state index in [1.807, 2.05) is 28.8 Å². The normalized spacial score (nSPS) is 11.1. The molecule has 1 aromatic carbocycles. The van der Waals surface area contributed by atoms with Crippen LogP contribution in [0.4, 0.5) is 0 Å². The zero-order valence-corrected chi connectivity index (χ0v) is 13.2. The minimum absolute atomic E-state index is 0.0763. The third kappa shape index (κ3) is 2.87. The van der Waals surface area contributed by atoms with E-state index in [1.165, 1.54) is 11.3 Å². The van der Waals surface area contributed by atoms with Crippen molar-refractivity contribution in [2.75, 3.05) is 0 Å². The van der Waals surface area contributed by atoms with Gasteiger partial charge in [-0.25, -0.2) is 4.98 Å². The Labute approximate surface area is 132 Å². The van der Waals surface area contributed by atoms with Gasteiger partial charge in [-0.3, -0.25) is 4.79 Å². The number of carbonyl (C=O) groups excluding carboxylic acids is 1. The van der Waals surface area contributed by atoms with E-state index in [4.69, 9.17) is 11.6 Å². The number of nitrogens with zero attached hydrogens (tertiary/aromatic N) is 2. The first-order valence-corrected chi connectivity index (χ1v) is 8.11. The lowest BCUT2D eigenvalue weighted by Gasteiger charge is -2.07. The van der Waals surface area contributed by atoms with Gasteiger partial charge in [0.2, 0.25) is 0 Å². The van der Waals surface area contributed by atoms with E-state index in [0.29, 0.717) is 15.8 Å². The standard InChI is InChI=1S/C16H15ClN2OS/c1-2-5-16-18-11-6-3-4-7-12(11)19(16)10-13(20)14-8-9-15(17)21-14/h3-4,6-9H,2,5,10H2,1H3. The molecule has 3 aromatic rings. The number of hydrogen-bond donors (Lipinski definition) is 0. The lowest BCUT2D eigenvalue weighted by Crippen LogP contribution is -2.12. The Bertz CT molecular complexity index is 791. The molecule has 3 nitrogen and oxygen atoms in total. The van der Waals surface area contributed by atoms with Crippen LogP contribution in [0.25, 0.3) is 11.0 Å². The number of rotatable bonds is 5. The van der Waals surface area contributed by atoms with Crippen LogP contribution in [0.15, 0.2) is 36.4 Å². The number of aryl methyl sites for hydroxylation is 1. The molecule has 2 aromatic heterocycles. The van der Waals surface area contributed by atoms with Gasteiger partial charge in [-0.15, -0.1) is 11.3 Å². The number of imidazole rings is 1. The fraction of sp³-hybridized carbons (Fsp3) is 0.250. The van der Waals surface area contributed by atoms with E-state index < -0.39 is 0 Å². The van der Waals surface area contributed by atoms with Crippen molar-refractivity contribution in [3.05, 3.63) is 51.4 Å².